The summed E-state index contributed by atoms with van der Waals surface area (Å²) in [6, 6.07) is 7.07. The number of hydrogen-bond acceptors (Lipinski definition) is 1. The van der Waals surface area contributed by atoms with Crippen molar-refractivity contribution in [3.63, 3.8) is 0 Å². The first kappa shape index (κ1) is 9.33. The van der Waals surface area contributed by atoms with Crippen LogP contribution < -0.4 is 4.74 Å². The third-order valence-corrected chi connectivity index (χ3v) is 1.58. The number of hydrogen-bond donors (Lipinski definition) is 0. The minimum atomic E-state index is -0.347. The molecule has 0 aromatic heterocycles. The normalized spacial score (nSPS) is 9.83. The summed E-state index contributed by atoms with van der Waals surface area (Å²) in [5.41, 5.74) is 0. The Morgan fingerprint density at radius 3 is 2.92 bits per heavy atom. The largest absolute Gasteiger partial charge is 0.493 e. The number of halogens is 2. The van der Waals surface area contributed by atoms with Crippen molar-refractivity contribution in [3.05, 3.63) is 29.3 Å². The number of rotatable bonds is 4. The molecule has 1 rings (SSSR count). The second kappa shape index (κ2) is 4.99. The average molecular weight is 189 g/mol. The molecule has 0 aliphatic carbocycles. The maximum absolute atomic E-state index is 11.7. The van der Waals surface area contributed by atoms with Crippen LogP contribution in [0.3, 0.4) is 0 Å². The van der Waals surface area contributed by atoms with Crippen molar-refractivity contribution in [2.24, 2.45) is 0 Å². The van der Waals surface area contributed by atoms with Gasteiger partial charge in [-0.2, -0.15) is 0 Å². The van der Waals surface area contributed by atoms with Crippen LogP contribution >= 0.6 is 11.6 Å². The van der Waals surface area contributed by atoms with Gasteiger partial charge < -0.3 is 4.74 Å². The van der Waals surface area contributed by atoms with Gasteiger partial charge in [-0.15, -0.1) is 0 Å². The van der Waals surface area contributed by atoms with E-state index in [2.05, 4.69) is 0 Å². The third kappa shape index (κ3) is 3.09. The molecule has 0 amide bonds. The van der Waals surface area contributed by atoms with Gasteiger partial charge >= 0.3 is 0 Å². The molecule has 66 valence electrons. The molecule has 1 nitrogen and oxygen atoms in total. The van der Waals surface area contributed by atoms with Gasteiger partial charge in [-0.3, -0.25) is 4.39 Å². The Balaban J connectivity index is 2.41. The Morgan fingerprint density at radius 2 is 2.25 bits per heavy atom. The van der Waals surface area contributed by atoms with Crippen molar-refractivity contribution in [3.8, 4) is 5.75 Å². The molecule has 0 aliphatic heterocycles. The molecule has 0 radical (unpaired) electrons. The zero-order valence-corrected chi connectivity index (χ0v) is 7.35. The number of ether oxygens (including phenoxy) is 1. The minimum Gasteiger partial charge on any atom is -0.493 e. The van der Waals surface area contributed by atoms with Gasteiger partial charge in [-0.1, -0.05) is 17.7 Å². The molecule has 1 aromatic rings. The van der Waals surface area contributed by atoms with Crippen LogP contribution in [-0.2, 0) is 0 Å². The van der Waals surface area contributed by atoms with Crippen molar-refractivity contribution in [1.29, 1.82) is 0 Å². The quantitative estimate of drug-likeness (QED) is 0.660. The van der Waals surface area contributed by atoms with E-state index in [0.717, 1.165) is 0 Å². The first-order valence-electron chi connectivity index (χ1n) is 3.77. The fourth-order valence-corrected chi connectivity index (χ4v) is 0.982. The highest BCUT2D eigenvalue weighted by atomic mass is 35.5. The van der Waals surface area contributed by atoms with E-state index >= 15 is 0 Å². The summed E-state index contributed by atoms with van der Waals surface area (Å²) < 4.78 is 16.9. The molecule has 0 aliphatic rings. The van der Waals surface area contributed by atoms with Gasteiger partial charge in [0, 0.05) is 11.4 Å². The maximum Gasteiger partial charge on any atom is 0.120 e. The van der Waals surface area contributed by atoms with E-state index < -0.39 is 0 Å². The smallest absolute Gasteiger partial charge is 0.120 e. The first-order chi connectivity index (χ1) is 5.83. The lowest BCUT2D eigenvalue weighted by Crippen LogP contribution is -1.97. The van der Waals surface area contributed by atoms with E-state index in [9.17, 15) is 4.39 Å². The van der Waals surface area contributed by atoms with E-state index in [4.69, 9.17) is 16.3 Å². The van der Waals surface area contributed by atoms with Gasteiger partial charge in [-0.25, -0.2) is 0 Å². The van der Waals surface area contributed by atoms with Gasteiger partial charge in [0.25, 0.3) is 0 Å². The SMILES string of the molecule is FCCCOc1cccc(Cl)c1. The molecule has 1 aromatic carbocycles. The summed E-state index contributed by atoms with van der Waals surface area (Å²) >= 11 is 5.70. The zero-order chi connectivity index (χ0) is 8.81. The standard InChI is InChI=1S/C9H10ClFO/c10-8-3-1-4-9(7-8)12-6-2-5-11/h1,3-4,7H,2,5-6H2. The molecule has 0 saturated heterocycles. The molecule has 0 heterocycles. The molecular weight excluding hydrogens is 179 g/mol. The van der Waals surface area contributed by atoms with Gasteiger partial charge in [0.05, 0.1) is 13.3 Å². The maximum atomic E-state index is 11.7. The lowest BCUT2D eigenvalue weighted by atomic mass is 10.3. The monoisotopic (exact) mass is 188 g/mol. The highest BCUT2D eigenvalue weighted by molar-refractivity contribution is 6.30. The molecule has 0 saturated carbocycles. The Kier molecular flexibility index (Phi) is 3.88. The van der Waals surface area contributed by atoms with E-state index in [1.165, 1.54) is 0 Å². The summed E-state index contributed by atoms with van der Waals surface area (Å²) in [7, 11) is 0. The van der Waals surface area contributed by atoms with Crippen LogP contribution in [0.2, 0.25) is 5.02 Å². The summed E-state index contributed by atoms with van der Waals surface area (Å²) in [4.78, 5) is 0. The van der Waals surface area contributed by atoms with Crippen molar-refractivity contribution in [1.82, 2.24) is 0 Å². The predicted octanol–water partition coefficient (Wildman–Crippen LogP) is 3.08. The molecular formula is C9H10ClFO. The highest BCUT2D eigenvalue weighted by Crippen LogP contribution is 2.16. The average Bonchev–Trinajstić information content (AvgIpc) is 2.05. The van der Waals surface area contributed by atoms with Crippen LogP contribution in [0.4, 0.5) is 4.39 Å². The second-order valence-electron chi connectivity index (χ2n) is 2.35. The van der Waals surface area contributed by atoms with Crippen LogP contribution in [0.1, 0.15) is 6.42 Å². The summed E-state index contributed by atoms with van der Waals surface area (Å²) in [5, 5.41) is 0.632. The van der Waals surface area contributed by atoms with Crippen LogP contribution in [0.15, 0.2) is 24.3 Å². The Morgan fingerprint density at radius 1 is 1.42 bits per heavy atom. The third-order valence-electron chi connectivity index (χ3n) is 1.34. The minimum absolute atomic E-state index is 0.347. The van der Waals surface area contributed by atoms with Crippen LogP contribution in [0, 0.1) is 0 Å². The summed E-state index contributed by atoms with van der Waals surface area (Å²) in [6.45, 7) is 0.0530. The van der Waals surface area contributed by atoms with E-state index in [1.54, 1.807) is 24.3 Å². The molecule has 0 N–H and O–H groups in total. The second-order valence-corrected chi connectivity index (χ2v) is 2.78. The zero-order valence-electron chi connectivity index (χ0n) is 6.59. The summed E-state index contributed by atoms with van der Waals surface area (Å²) in [5.74, 6) is 0.691. The number of benzene rings is 1. The fourth-order valence-electron chi connectivity index (χ4n) is 0.801. The molecule has 12 heavy (non-hydrogen) atoms. The summed E-state index contributed by atoms with van der Waals surface area (Å²) in [6.07, 6.45) is 0.423. The fraction of sp³-hybridized carbons (Fsp3) is 0.333. The van der Waals surface area contributed by atoms with Crippen molar-refractivity contribution >= 4 is 11.6 Å². The number of alkyl halides is 1. The van der Waals surface area contributed by atoms with Crippen LogP contribution in [-0.4, -0.2) is 13.3 Å². The molecule has 0 spiro atoms. The molecule has 0 atom stereocenters. The predicted molar refractivity (Wildman–Crippen MR) is 47.5 cm³/mol. The Bertz CT molecular complexity index is 240. The van der Waals surface area contributed by atoms with Crippen LogP contribution in [0.25, 0.3) is 0 Å². The van der Waals surface area contributed by atoms with E-state index in [1.807, 2.05) is 0 Å². The van der Waals surface area contributed by atoms with Crippen molar-refractivity contribution in [2.45, 2.75) is 6.42 Å². The van der Waals surface area contributed by atoms with Gasteiger partial charge in [0.2, 0.25) is 0 Å². The lowest BCUT2D eigenvalue weighted by Gasteiger charge is -2.03. The Hall–Kier alpha value is -0.760. The van der Waals surface area contributed by atoms with Crippen molar-refractivity contribution in [2.75, 3.05) is 13.3 Å². The highest BCUT2D eigenvalue weighted by Gasteiger charge is 1.93. The van der Waals surface area contributed by atoms with Gasteiger partial charge in [0.15, 0.2) is 0 Å². The van der Waals surface area contributed by atoms with Gasteiger partial charge in [0.1, 0.15) is 5.75 Å². The Labute approximate surface area is 76.1 Å². The lowest BCUT2D eigenvalue weighted by molar-refractivity contribution is 0.289. The van der Waals surface area contributed by atoms with Crippen molar-refractivity contribution < 1.29 is 9.13 Å². The molecule has 0 unspecified atom stereocenters. The first-order valence-corrected chi connectivity index (χ1v) is 4.15. The molecule has 0 bridgehead atoms. The van der Waals surface area contributed by atoms with E-state index in [0.29, 0.717) is 23.8 Å². The van der Waals surface area contributed by atoms with Gasteiger partial charge in [-0.05, 0) is 18.2 Å². The molecule has 0 fully saturated rings. The van der Waals surface area contributed by atoms with Crippen LogP contribution in [0.5, 0.6) is 5.75 Å². The topological polar surface area (TPSA) is 9.23 Å². The molecule has 3 heteroatoms. The van der Waals surface area contributed by atoms with E-state index in [-0.39, 0.29) is 6.67 Å².